The Bertz CT molecular complexity index is 678. The average molecular weight is 296 g/mol. The first-order valence-corrected chi connectivity index (χ1v) is 9.05. The fraction of sp³-hybridized carbons (Fsp3) is 0.600. The first-order valence-electron chi connectivity index (χ1n) is 9.05. The van der Waals surface area contributed by atoms with Gasteiger partial charge in [-0.15, -0.1) is 0 Å². The van der Waals surface area contributed by atoms with Crippen LogP contribution in [0.3, 0.4) is 0 Å². The summed E-state index contributed by atoms with van der Waals surface area (Å²) in [6.07, 6.45) is 10.7. The molecule has 1 fully saturated rings. The van der Waals surface area contributed by atoms with E-state index in [1.807, 2.05) is 0 Å². The van der Waals surface area contributed by atoms with Crippen molar-refractivity contribution in [1.82, 2.24) is 10.3 Å². The molecule has 1 atom stereocenters. The minimum atomic E-state index is 0.127. The predicted octanol–water partition coefficient (Wildman–Crippen LogP) is 4.95. The molecule has 1 heterocycles. The molecule has 2 aromatic rings. The standard InChI is InChI=1S/C20H28N2/c1-14-10-11-18-17(13-14)16-9-6-12-20(2,19(16)21-18)22-15-7-4-3-5-8-15/h10-11,13,15,21-22H,3-9,12H2,1-2H3/t20-/m1/s1. The van der Waals surface area contributed by atoms with Crippen molar-refractivity contribution in [3.05, 3.63) is 35.0 Å². The number of benzene rings is 1. The van der Waals surface area contributed by atoms with Gasteiger partial charge >= 0.3 is 0 Å². The summed E-state index contributed by atoms with van der Waals surface area (Å²) in [7, 11) is 0. The summed E-state index contributed by atoms with van der Waals surface area (Å²) in [5.41, 5.74) is 5.83. The number of H-pyrrole nitrogens is 1. The van der Waals surface area contributed by atoms with Crippen LogP contribution >= 0.6 is 0 Å². The fourth-order valence-electron chi connectivity index (χ4n) is 4.68. The highest BCUT2D eigenvalue weighted by molar-refractivity contribution is 5.86. The van der Waals surface area contributed by atoms with Gasteiger partial charge in [0.25, 0.3) is 0 Å². The number of fused-ring (bicyclic) bond motifs is 3. The quantitative estimate of drug-likeness (QED) is 0.806. The van der Waals surface area contributed by atoms with Gasteiger partial charge in [-0.25, -0.2) is 0 Å². The van der Waals surface area contributed by atoms with Gasteiger partial charge in [-0.1, -0.05) is 30.9 Å². The van der Waals surface area contributed by atoms with E-state index in [0.717, 1.165) is 0 Å². The molecule has 0 radical (unpaired) electrons. The minimum Gasteiger partial charge on any atom is -0.357 e. The van der Waals surface area contributed by atoms with Crippen molar-refractivity contribution >= 4 is 10.9 Å². The topological polar surface area (TPSA) is 27.8 Å². The summed E-state index contributed by atoms with van der Waals surface area (Å²) in [5, 5.41) is 5.49. The summed E-state index contributed by atoms with van der Waals surface area (Å²) in [6.45, 7) is 4.61. The van der Waals surface area contributed by atoms with Gasteiger partial charge < -0.3 is 10.3 Å². The maximum Gasteiger partial charge on any atom is 0.0563 e. The molecule has 2 aliphatic carbocycles. The number of rotatable bonds is 2. The first-order chi connectivity index (χ1) is 10.7. The molecule has 2 heteroatoms. The summed E-state index contributed by atoms with van der Waals surface area (Å²) >= 11 is 0. The monoisotopic (exact) mass is 296 g/mol. The van der Waals surface area contributed by atoms with E-state index in [1.165, 1.54) is 73.5 Å². The molecule has 0 spiro atoms. The van der Waals surface area contributed by atoms with E-state index in [0.29, 0.717) is 6.04 Å². The molecule has 118 valence electrons. The molecule has 2 aliphatic rings. The summed E-state index contributed by atoms with van der Waals surface area (Å²) in [4.78, 5) is 3.76. The average Bonchev–Trinajstić information content (AvgIpc) is 2.88. The Kier molecular flexibility index (Phi) is 3.53. The van der Waals surface area contributed by atoms with Crippen molar-refractivity contribution in [2.24, 2.45) is 0 Å². The van der Waals surface area contributed by atoms with E-state index in [9.17, 15) is 0 Å². The molecule has 0 unspecified atom stereocenters. The maximum atomic E-state index is 4.03. The van der Waals surface area contributed by atoms with Crippen LogP contribution in [0.4, 0.5) is 0 Å². The lowest BCUT2D eigenvalue weighted by Gasteiger charge is -2.39. The number of nitrogens with one attached hydrogen (secondary N) is 2. The lowest BCUT2D eigenvalue weighted by atomic mass is 9.80. The number of hydrogen-bond acceptors (Lipinski definition) is 1. The van der Waals surface area contributed by atoms with Crippen LogP contribution in [0.5, 0.6) is 0 Å². The van der Waals surface area contributed by atoms with Crippen LogP contribution in [0.15, 0.2) is 18.2 Å². The molecule has 0 saturated heterocycles. The number of aromatic nitrogens is 1. The van der Waals surface area contributed by atoms with Crippen LogP contribution in [-0.2, 0) is 12.0 Å². The molecule has 2 N–H and O–H groups in total. The number of aromatic amines is 1. The molecule has 1 aromatic heterocycles. The molecule has 4 rings (SSSR count). The van der Waals surface area contributed by atoms with Crippen LogP contribution in [0, 0.1) is 6.92 Å². The Labute approximate surface area is 133 Å². The second-order valence-electron chi connectivity index (χ2n) is 7.69. The molecule has 0 bridgehead atoms. The van der Waals surface area contributed by atoms with Gasteiger partial charge in [0.05, 0.1) is 5.54 Å². The summed E-state index contributed by atoms with van der Waals surface area (Å²) < 4.78 is 0. The molecule has 22 heavy (non-hydrogen) atoms. The van der Waals surface area contributed by atoms with Crippen LogP contribution in [0.2, 0.25) is 0 Å². The van der Waals surface area contributed by atoms with Gasteiger partial charge in [0.1, 0.15) is 0 Å². The van der Waals surface area contributed by atoms with Crippen LogP contribution in [0.1, 0.15) is 68.7 Å². The van der Waals surface area contributed by atoms with Crippen molar-refractivity contribution < 1.29 is 0 Å². The van der Waals surface area contributed by atoms with Crippen molar-refractivity contribution in [3.8, 4) is 0 Å². The van der Waals surface area contributed by atoms with Gasteiger partial charge in [0.15, 0.2) is 0 Å². The molecular formula is C20H28N2. The lowest BCUT2D eigenvalue weighted by molar-refractivity contribution is 0.235. The van der Waals surface area contributed by atoms with Gasteiger partial charge in [-0.2, -0.15) is 0 Å². The number of hydrogen-bond donors (Lipinski definition) is 2. The molecular weight excluding hydrogens is 268 g/mol. The third-order valence-electron chi connectivity index (χ3n) is 5.84. The minimum absolute atomic E-state index is 0.127. The van der Waals surface area contributed by atoms with Gasteiger partial charge in [-0.3, -0.25) is 0 Å². The Morgan fingerprint density at radius 2 is 1.95 bits per heavy atom. The van der Waals surface area contributed by atoms with Crippen molar-refractivity contribution in [2.45, 2.75) is 76.8 Å². The second kappa shape index (κ2) is 5.42. The van der Waals surface area contributed by atoms with Gasteiger partial charge in [0.2, 0.25) is 0 Å². The third kappa shape index (κ3) is 2.38. The molecule has 1 aromatic carbocycles. The van der Waals surface area contributed by atoms with Gasteiger partial charge in [0, 0.05) is 22.6 Å². The summed E-state index contributed by atoms with van der Waals surface area (Å²) in [5.74, 6) is 0. The van der Waals surface area contributed by atoms with Crippen LogP contribution in [-0.4, -0.2) is 11.0 Å². The molecule has 1 saturated carbocycles. The highest BCUT2D eigenvalue weighted by Crippen LogP contribution is 2.40. The predicted molar refractivity (Wildman–Crippen MR) is 93.3 cm³/mol. The Morgan fingerprint density at radius 1 is 1.14 bits per heavy atom. The SMILES string of the molecule is Cc1ccc2[nH]c3c(c2c1)CCC[C@@]3(C)NC1CCCCC1. The normalized spacial score (nSPS) is 26.3. The number of aryl methyl sites for hydroxylation is 2. The smallest absolute Gasteiger partial charge is 0.0563 e. The zero-order valence-electron chi connectivity index (χ0n) is 14.0. The molecule has 0 aliphatic heterocycles. The Hall–Kier alpha value is -1.28. The summed E-state index contributed by atoms with van der Waals surface area (Å²) in [6, 6.07) is 7.54. The van der Waals surface area contributed by atoms with Crippen LogP contribution < -0.4 is 5.32 Å². The van der Waals surface area contributed by atoms with E-state index >= 15 is 0 Å². The van der Waals surface area contributed by atoms with E-state index in [2.05, 4.69) is 42.3 Å². The van der Waals surface area contributed by atoms with E-state index in [1.54, 1.807) is 5.56 Å². The first kappa shape index (κ1) is 14.3. The highest BCUT2D eigenvalue weighted by Gasteiger charge is 2.36. The maximum absolute atomic E-state index is 4.03. The Morgan fingerprint density at radius 3 is 2.77 bits per heavy atom. The van der Waals surface area contributed by atoms with Crippen molar-refractivity contribution in [2.75, 3.05) is 0 Å². The lowest BCUT2D eigenvalue weighted by Crippen LogP contribution is -2.48. The zero-order chi connectivity index (χ0) is 15.2. The highest BCUT2D eigenvalue weighted by atomic mass is 15.0. The van der Waals surface area contributed by atoms with Crippen LogP contribution in [0.25, 0.3) is 10.9 Å². The van der Waals surface area contributed by atoms with E-state index in [-0.39, 0.29) is 5.54 Å². The van der Waals surface area contributed by atoms with Crippen molar-refractivity contribution in [1.29, 1.82) is 0 Å². The largest absolute Gasteiger partial charge is 0.357 e. The third-order valence-corrected chi connectivity index (χ3v) is 5.84. The fourth-order valence-corrected chi connectivity index (χ4v) is 4.68. The molecule has 2 nitrogen and oxygen atoms in total. The molecule has 0 amide bonds. The van der Waals surface area contributed by atoms with Crippen molar-refractivity contribution in [3.63, 3.8) is 0 Å². The van der Waals surface area contributed by atoms with Gasteiger partial charge in [-0.05, 0) is 63.6 Å². The van der Waals surface area contributed by atoms with E-state index in [4.69, 9.17) is 0 Å². The van der Waals surface area contributed by atoms with E-state index < -0.39 is 0 Å². The Balaban J connectivity index is 1.72. The zero-order valence-corrected chi connectivity index (χ0v) is 14.0. The second-order valence-corrected chi connectivity index (χ2v) is 7.69.